The molecule has 0 radical (unpaired) electrons. The molecule has 0 atom stereocenters. The normalized spacial score (nSPS) is 10.4. The number of carbonyl (C=O) groups excluding carboxylic acids is 1. The highest BCUT2D eigenvalue weighted by molar-refractivity contribution is 7.10. The molecule has 2 N–H and O–H groups in total. The number of nitrogens with zero attached hydrogens (tertiary/aromatic N) is 3. The fourth-order valence-electron chi connectivity index (χ4n) is 1.70. The Morgan fingerprint density at radius 2 is 2.32 bits per heavy atom. The average molecular weight is 281 g/mol. The molecular formula is C11H15N5O2S. The van der Waals surface area contributed by atoms with Gasteiger partial charge >= 0.3 is 6.03 Å². The summed E-state index contributed by atoms with van der Waals surface area (Å²) in [5, 5.41) is 13.6. The maximum absolute atomic E-state index is 11.5. The lowest BCUT2D eigenvalue weighted by atomic mass is 10.1. The topological polar surface area (TPSA) is 92.9 Å². The summed E-state index contributed by atoms with van der Waals surface area (Å²) in [6.07, 6.45) is 3.18. The molecule has 2 rings (SSSR count). The number of carbonyl (C=O) groups is 1. The first-order valence-electron chi connectivity index (χ1n) is 5.91. The second-order valence-electron chi connectivity index (χ2n) is 4.07. The van der Waals surface area contributed by atoms with Gasteiger partial charge in [0.1, 0.15) is 10.8 Å². The smallest absolute Gasteiger partial charge is 0.319 e. The Balaban J connectivity index is 1.68. The molecule has 8 heteroatoms. The molecule has 0 unspecified atom stereocenters. The lowest BCUT2D eigenvalue weighted by Crippen LogP contribution is -2.29. The molecule has 0 saturated carbocycles. The van der Waals surface area contributed by atoms with Gasteiger partial charge in [0, 0.05) is 23.6 Å². The maximum atomic E-state index is 11.5. The van der Waals surface area contributed by atoms with Gasteiger partial charge in [-0.25, -0.2) is 4.79 Å². The van der Waals surface area contributed by atoms with Crippen LogP contribution < -0.4 is 10.6 Å². The van der Waals surface area contributed by atoms with Gasteiger partial charge in [-0.3, -0.25) is 5.32 Å². The van der Waals surface area contributed by atoms with Crippen LogP contribution in [-0.4, -0.2) is 27.3 Å². The Morgan fingerprint density at radius 3 is 2.95 bits per heavy atom. The number of nitrogens with one attached hydrogen (secondary N) is 2. The maximum Gasteiger partial charge on any atom is 0.319 e. The Bertz CT molecular complexity index is 518. The fourth-order valence-corrected chi connectivity index (χ4v) is 2.12. The summed E-state index contributed by atoms with van der Waals surface area (Å²) in [6.45, 7) is 4.40. The number of aryl methyl sites for hydroxylation is 2. The zero-order valence-corrected chi connectivity index (χ0v) is 11.6. The van der Waals surface area contributed by atoms with Gasteiger partial charge in [-0.2, -0.15) is 0 Å². The van der Waals surface area contributed by atoms with Crippen LogP contribution in [0, 0.1) is 13.8 Å². The molecule has 0 fully saturated rings. The Labute approximate surface area is 114 Å². The Kier molecular flexibility index (Phi) is 4.45. The molecule has 0 aromatic carbocycles. The summed E-state index contributed by atoms with van der Waals surface area (Å²) in [4.78, 5) is 11.5. The minimum atomic E-state index is -0.246. The highest BCUT2D eigenvalue weighted by Crippen LogP contribution is 2.13. The molecule has 0 aliphatic heterocycles. The Morgan fingerprint density at radius 1 is 1.47 bits per heavy atom. The first-order valence-corrected chi connectivity index (χ1v) is 6.68. The standard InChI is InChI=1S/C11H15N5O2S/c1-7-9(8(2)18-15-7)4-3-5-12-11(17)14-10-6-13-16-19-10/h6H,3-5H2,1-2H3,(H2,12,14,17). The molecule has 0 aliphatic carbocycles. The van der Waals surface area contributed by atoms with E-state index < -0.39 is 0 Å². The van der Waals surface area contributed by atoms with E-state index in [1.54, 1.807) is 0 Å². The third-order valence-electron chi connectivity index (χ3n) is 2.67. The molecule has 0 saturated heterocycles. The molecule has 2 heterocycles. The predicted octanol–water partition coefficient (Wildman–Crippen LogP) is 1.90. The zero-order valence-electron chi connectivity index (χ0n) is 10.8. The van der Waals surface area contributed by atoms with Crippen molar-refractivity contribution in [2.45, 2.75) is 26.7 Å². The number of rotatable bonds is 5. The first-order chi connectivity index (χ1) is 9.16. The van der Waals surface area contributed by atoms with E-state index in [-0.39, 0.29) is 6.03 Å². The van der Waals surface area contributed by atoms with Crippen LogP contribution >= 0.6 is 11.5 Å². The largest absolute Gasteiger partial charge is 0.361 e. The minimum absolute atomic E-state index is 0.246. The van der Waals surface area contributed by atoms with E-state index in [4.69, 9.17) is 4.52 Å². The van der Waals surface area contributed by atoms with Crippen LogP contribution in [0.3, 0.4) is 0 Å². The van der Waals surface area contributed by atoms with Crippen LogP contribution in [0.2, 0.25) is 0 Å². The third-order valence-corrected chi connectivity index (χ3v) is 3.25. The van der Waals surface area contributed by atoms with Crippen LogP contribution in [0.4, 0.5) is 9.80 Å². The number of anilines is 1. The fraction of sp³-hybridized carbons (Fsp3) is 0.455. The molecule has 2 aromatic rings. The highest BCUT2D eigenvalue weighted by atomic mass is 32.1. The van der Waals surface area contributed by atoms with Crippen molar-refractivity contribution in [1.82, 2.24) is 20.1 Å². The highest BCUT2D eigenvalue weighted by Gasteiger charge is 2.08. The van der Waals surface area contributed by atoms with Crippen LogP contribution in [0.15, 0.2) is 10.7 Å². The van der Waals surface area contributed by atoms with Gasteiger partial charge in [0.15, 0.2) is 0 Å². The van der Waals surface area contributed by atoms with Gasteiger partial charge in [0.2, 0.25) is 0 Å². The van der Waals surface area contributed by atoms with Gasteiger partial charge in [-0.1, -0.05) is 9.64 Å². The molecule has 19 heavy (non-hydrogen) atoms. The summed E-state index contributed by atoms with van der Waals surface area (Å²) >= 11 is 1.14. The van der Waals surface area contributed by atoms with E-state index in [0.29, 0.717) is 11.5 Å². The lowest BCUT2D eigenvalue weighted by Gasteiger charge is -2.05. The van der Waals surface area contributed by atoms with Crippen molar-refractivity contribution < 1.29 is 9.32 Å². The van der Waals surface area contributed by atoms with Crippen LogP contribution in [0.5, 0.6) is 0 Å². The van der Waals surface area contributed by atoms with Crippen molar-refractivity contribution in [2.75, 3.05) is 11.9 Å². The average Bonchev–Trinajstić information content (AvgIpc) is 2.98. The quantitative estimate of drug-likeness (QED) is 0.816. The predicted molar refractivity (Wildman–Crippen MR) is 71.2 cm³/mol. The van der Waals surface area contributed by atoms with Crippen molar-refractivity contribution >= 4 is 22.6 Å². The SMILES string of the molecule is Cc1noc(C)c1CCCNC(=O)Nc1cnns1. The van der Waals surface area contributed by atoms with E-state index in [2.05, 4.69) is 25.4 Å². The summed E-state index contributed by atoms with van der Waals surface area (Å²) in [7, 11) is 0. The van der Waals surface area contributed by atoms with Gasteiger partial charge in [-0.05, 0) is 26.7 Å². The van der Waals surface area contributed by atoms with E-state index in [1.807, 2.05) is 13.8 Å². The summed E-state index contributed by atoms with van der Waals surface area (Å²) in [5.74, 6) is 0.845. The molecular weight excluding hydrogens is 266 g/mol. The number of amides is 2. The molecule has 102 valence electrons. The monoisotopic (exact) mass is 281 g/mol. The van der Waals surface area contributed by atoms with Gasteiger partial charge in [-0.15, -0.1) is 5.10 Å². The van der Waals surface area contributed by atoms with Gasteiger partial charge < -0.3 is 9.84 Å². The number of hydrogen-bond acceptors (Lipinski definition) is 6. The van der Waals surface area contributed by atoms with E-state index >= 15 is 0 Å². The van der Waals surface area contributed by atoms with Crippen molar-refractivity contribution in [2.24, 2.45) is 0 Å². The number of urea groups is 1. The lowest BCUT2D eigenvalue weighted by molar-refractivity contribution is 0.252. The van der Waals surface area contributed by atoms with Gasteiger partial charge in [0.05, 0.1) is 11.9 Å². The Hall–Kier alpha value is -1.96. The van der Waals surface area contributed by atoms with Crippen LogP contribution in [-0.2, 0) is 6.42 Å². The second-order valence-corrected chi connectivity index (χ2v) is 4.85. The van der Waals surface area contributed by atoms with Crippen LogP contribution in [0.1, 0.15) is 23.4 Å². The number of hydrogen-bond donors (Lipinski definition) is 2. The molecule has 0 spiro atoms. The third kappa shape index (κ3) is 3.75. The van der Waals surface area contributed by atoms with Gasteiger partial charge in [0.25, 0.3) is 0 Å². The molecule has 7 nitrogen and oxygen atoms in total. The van der Waals surface area contributed by atoms with Crippen molar-refractivity contribution in [3.8, 4) is 0 Å². The first kappa shape index (κ1) is 13.5. The van der Waals surface area contributed by atoms with Crippen molar-refractivity contribution in [1.29, 1.82) is 0 Å². The van der Waals surface area contributed by atoms with E-state index in [0.717, 1.165) is 41.4 Å². The zero-order chi connectivity index (χ0) is 13.7. The van der Waals surface area contributed by atoms with Crippen molar-refractivity contribution in [3.63, 3.8) is 0 Å². The minimum Gasteiger partial charge on any atom is -0.361 e. The molecule has 0 bridgehead atoms. The molecule has 2 aromatic heterocycles. The summed E-state index contributed by atoms with van der Waals surface area (Å²) in [6, 6.07) is -0.246. The van der Waals surface area contributed by atoms with Crippen LogP contribution in [0.25, 0.3) is 0 Å². The summed E-state index contributed by atoms with van der Waals surface area (Å²) in [5.41, 5.74) is 2.03. The van der Waals surface area contributed by atoms with Crippen molar-refractivity contribution in [3.05, 3.63) is 23.2 Å². The second kappa shape index (κ2) is 6.28. The van der Waals surface area contributed by atoms with E-state index in [9.17, 15) is 4.79 Å². The number of aromatic nitrogens is 3. The summed E-state index contributed by atoms with van der Waals surface area (Å²) < 4.78 is 8.74. The molecule has 0 aliphatic rings. The van der Waals surface area contributed by atoms with E-state index in [1.165, 1.54) is 6.20 Å². The molecule has 2 amide bonds.